The van der Waals surface area contributed by atoms with E-state index < -0.39 is 17.9 Å². The minimum absolute atomic E-state index is 0.0881. The molecule has 0 radical (unpaired) electrons. The van der Waals surface area contributed by atoms with Crippen LogP contribution in [0.5, 0.6) is 0 Å². The van der Waals surface area contributed by atoms with Crippen molar-refractivity contribution in [1.82, 2.24) is 10.2 Å². The summed E-state index contributed by atoms with van der Waals surface area (Å²) in [5.74, 6) is -2.10. The molecule has 1 heterocycles. The molecule has 0 saturated carbocycles. The number of ether oxygens (including phenoxy) is 2. The molecule has 17 heavy (non-hydrogen) atoms. The molecule has 0 spiro atoms. The predicted molar refractivity (Wildman–Crippen MR) is 57.0 cm³/mol. The molecule has 1 fully saturated rings. The van der Waals surface area contributed by atoms with Gasteiger partial charge in [0.15, 0.2) is 0 Å². The first-order chi connectivity index (χ1) is 8.11. The van der Waals surface area contributed by atoms with E-state index in [2.05, 4.69) is 10.1 Å². The van der Waals surface area contributed by atoms with E-state index >= 15 is 0 Å². The highest BCUT2D eigenvalue weighted by molar-refractivity contribution is 6.32. The zero-order valence-electron chi connectivity index (χ0n) is 9.89. The highest BCUT2D eigenvalue weighted by atomic mass is 16.5. The van der Waals surface area contributed by atoms with Crippen LogP contribution in [-0.2, 0) is 23.9 Å². The number of nitrogens with zero attached hydrogens (tertiary/aromatic N) is 1. The summed E-state index contributed by atoms with van der Waals surface area (Å²) in [6.07, 6.45) is 0. The third kappa shape index (κ3) is 3.16. The second kappa shape index (κ2) is 6.19. The van der Waals surface area contributed by atoms with Crippen LogP contribution in [0.4, 0.5) is 0 Å². The fraction of sp³-hybridized carbons (Fsp3) is 0.700. The predicted octanol–water partition coefficient (Wildman–Crippen LogP) is -1.48. The standard InChI is InChI=1S/C10H16N2O5/c1-3-17-10(15)9(14)12-4-5-16-6-7(12)8(13)11-2/h7H,3-6H2,1-2H3,(H,11,13). The summed E-state index contributed by atoms with van der Waals surface area (Å²) < 4.78 is 9.73. The molecule has 7 nitrogen and oxygen atoms in total. The van der Waals surface area contributed by atoms with E-state index in [0.717, 1.165) is 0 Å². The van der Waals surface area contributed by atoms with Crippen molar-refractivity contribution < 1.29 is 23.9 Å². The smallest absolute Gasteiger partial charge is 0.397 e. The lowest BCUT2D eigenvalue weighted by molar-refractivity contribution is -0.165. The van der Waals surface area contributed by atoms with Gasteiger partial charge in [-0.3, -0.25) is 9.59 Å². The summed E-state index contributed by atoms with van der Waals surface area (Å²) in [6.45, 7) is 2.33. The molecule has 0 bridgehead atoms. The Balaban J connectivity index is 2.74. The molecular formula is C10H16N2O5. The van der Waals surface area contributed by atoms with Gasteiger partial charge >= 0.3 is 11.9 Å². The highest BCUT2D eigenvalue weighted by Crippen LogP contribution is 2.08. The summed E-state index contributed by atoms with van der Waals surface area (Å²) in [7, 11) is 1.46. The first-order valence-corrected chi connectivity index (χ1v) is 5.38. The van der Waals surface area contributed by atoms with Gasteiger partial charge in [-0.15, -0.1) is 0 Å². The van der Waals surface area contributed by atoms with Gasteiger partial charge in [0, 0.05) is 13.6 Å². The molecule has 2 amide bonds. The quantitative estimate of drug-likeness (QED) is 0.473. The van der Waals surface area contributed by atoms with Gasteiger partial charge in [-0.25, -0.2) is 4.79 Å². The van der Waals surface area contributed by atoms with Crippen LogP contribution in [0.1, 0.15) is 6.92 Å². The number of nitrogens with one attached hydrogen (secondary N) is 1. The van der Waals surface area contributed by atoms with Crippen LogP contribution in [0, 0.1) is 0 Å². The van der Waals surface area contributed by atoms with Crippen molar-refractivity contribution in [2.24, 2.45) is 0 Å². The lowest BCUT2D eigenvalue weighted by Crippen LogP contribution is -2.57. The largest absolute Gasteiger partial charge is 0.459 e. The van der Waals surface area contributed by atoms with Gasteiger partial charge in [0.05, 0.1) is 19.8 Å². The molecule has 0 aliphatic carbocycles. The Morgan fingerprint density at radius 1 is 1.47 bits per heavy atom. The molecular weight excluding hydrogens is 228 g/mol. The van der Waals surface area contributed by atoms with Crippen molar-refractivity contribution in [3.8, 4) is 0 Å². The maximum Gasteiger partial charge on any atom is 0.397 e. The second-order valence-electron chi connectivity index (χ2n) is 3.42. The topological polar surface area (TPSA) is 84.9 Å². The number of likely N-dealkylation sites (N-methyl/N-ethyl adjacent to an activating group) is 1. The van der Waals surface area contributed by atoms with Crippen LogP contribution in [0.25, 0.3) is 0 Å². The number of carbonyl (C=O) groups excluding carboxylic acids is 3. The Morgan fingerprint density at radius 2 is 2.18 bits per heavy atom. The highest BCUT2D eigenvalue weighted by Gasteiger charge is 2.35. The SMILES string of the molecule is CCOC(=O)C(=O)N1CCOCC1C(=O)NC. The zero-order chi connectivity index (χ0) is 12.8. The number of carbonyl (C=O) groups is 3. The Kier molecular flexibility index (Phi) is 4.89. The van der Waals surface area contributed by atoms with Crippen LogP contribution in [0.15, 0.2) is 0 Å². The molecule has 0 aromatic carbocycles. The Hall–Kier alpha value is -1.63. The van der Waals surface area contributed by atoms with E-state index in [1.54, 1.807) is 6.92 Å². The van der Waals surface area contributed by atoms with E-state index in [4.69, 9.17) is 4.74 Å². The van der Waals surface area contributed by atoms with Crippen molar-refractivity contribution in [2.45, 2.75) is 13.0 Å². The van der Waals surface area contributed by atoms with Crippen LogP contribution >= 0.6 is 0 Å². The third-order valence-corrected chi connectivity index (χ3v) is 2.39. The summed E-state index contributed by atoms with van der Waals surface area (Å²) in [5, 5.41) is 2.43. The van der Waals surface area contributed by atoms with Gasteiger partial charge in [-0.2, -0.15) is 0 Å². The number of morpholine rings is 1. The average molecular weight is 244 g/mol. The molecule has 1 unspecified atom stereocenters. The molecule has 0 aromatic heterocycles. The van der Waals surface area contributed by atoms with E-state index in [0.29, 0.717) is 6.61 Å². The van der Waals surface area contributed by atoms with Gasteiger partial charge in [0.25, 0.3) is 0 Å². The fourth-order valence-electron chi connectivity index (χ4n) is 1.54. The Bertz CT molecular complexity index is 318. The van der Waals surface area contributed by atoms with Gasteiger partial charge in [-0.05, 0) is 6.92 Å². The van der Waals surface area contributed by atoms with Gasteiger partial charge in [0.2, 0.25) is 5.91 Å². The first kappa shape index (κ1) is 13.4. The minimum atomic E-state index is -0.941. The summed E-state index contributed by atoms with van der Waals surface area (Å²) in [4.78, 5) is 35.8. The number of hydrogen-bond acceptors (Lipinski definition) is 5. The van der Waals surface area contributed by atoms with Crippen molar-refractivity contribution in [1.29, 1.82) is 0 Å². The van der Waals surface area contributed by atoms with Crippen LogP contribution in [-0.4, -0.2) is 62.1 Å². The molecule has 1 saturated heterocycles. The molecule has 1 aliphatic rings. The van der Waals surface area contributed by atoms with Crippen molar-refractivity contribution >= 4 is 17.8 Å². The van der Waals surface area contributed by atoms with E-state index in [9.17, 15) is 14.4 Å². The van der Waals surface area contributed by atoms with E-state index in [-0.39, 0.29) is 25.7 Å². The monoisotopic (exact) mass is 244 g/mol. The van der Waals surface area contributed by atoms with Crippen molar-refractivity contribution in [3.05, 3.63) is 0 Å². The number of esters is 1. The van der Waals surface area contributed by atoms with Crippen LogP contribution in [0.2, 0.25) is 0 Å². The molecule has 1 atom stereocenters. The van der Waals surface area contributed by atoms with Crippen LogP contribution in [0.3, 0.4) is 0 Å². The van der Waals surface area contributed by atoms with Gasteiger partial charge in [-0.1, -0.05) is 0 Å². The van der Waals surface area contributed by atoms with E-state index in [1.807, 2.05) is 0 Å². The first-order valence-electron chi connectivity index (χ1n) is 5.38. The van der Waals surface area contributed by atoms with Gasteiger partial charge in [0.1, 0.15) is 6.04 Å². The molecule has 0 aromatic rings. The fourth-order valence-corrected chi connectivity index (χ4v) is 1.54. The van der Waals surface area contributed by atoms with Crippen molar-refractivity contribution in [2.75, 3.05) is 33.4 Å². The maximum atomic E-state index is 11.7. The summed E-state index contributed by atoms with van der Waals surface area (Å²) >= 11 is 0. The zero-order valence-corrected chi connectivity index (χ0v) is 9.89. The number of hydrogen-bond donors (Lipinski definition) is 1. The molecule has 1 aliphatic heterocycles. The van der Waals surface area contributed by atoms with E-state index in [1.165, 1.54) is 11.9 Å². The summed E-state index contributed by atoms with van der Waals surface area (Å²) in [5.41, 5.74) is 0. The number of rotatable bonds is 2. The molecule has 96 valence electrons. The lowest BCUT2D eigenvalue weighted by Gasteiger charge is -2.33. The average Bonchev–Trinajstić information content (AvgIpc) is 2.37. The maximum absolute atomic E-state index is 11.7. The van der Waals surface area contributed by atoms with Crippen molar-refractivity contribution in [3.63, 3.8) is 0 Å². The number of amides is 2. The Labute approximate surface area is 99.0 Å². The molecule has 1 N–H and O–H groups in total. The minimum Gasteiger partial charge on any atom is -0.459 e. The lowest BCUT2D eigenvalue weighted by atomic mass is 10.2. The Morgan fingerprint density at radius 3 is 2.76 bits per heavy atom. The normalized spacial score (nSPS) is 19.6. The van der Waals surface area contributed by atoms with Gasteiger partial charge < -0.3 is 19.7 Å². The van der Waals surface area contributed by atoms with Crippen LogP contribution < -0.4 is 5.32 Å². The second-order valence-corrected chi connectivity index (χ2v) is 3.42. The third-order valence-electron chi connectivity index (χ3n) is 2.39. The molecule has 1 rings (SSSR count). The summed E-state index contributed by atoms with van der Waals surface area (Å²) in [6, 6.07) is -0.773. The molecule has 7 heteroatoms.